The molecule has 0 aliphatic carbocycles. The number of carbonyl (C=O) groups is 1. The minimum Gasteiger partial charge on any atom is -0.384 e. The van der Waals surface area contributed by atoms with Crippen molar-refractivity contribution in [2.45, 2.75) is 32.7 Å². The number of hydrogen-bond donors (Lipinski definition) is 2. The van der Waals surface area contributed by atoms with E-state index in [-0.39, 0.29) is 22.9 Å². The number of nitrogens with two attached hydrogens (primary N) is 1. The summed E-state index contributed by atoms with van der Waals surface area (Å²) in [4.78, 5) is 15.6. The molecule has 0 fully saturated rings. The van der Waals surface area contributed by atoms with E-state index in [4.69, 9.17) is 17.3 Å². The molecule has 0 saturated heterocycles. The van der Waals surface area contributed by atoms with Crippen LogP contribution in [0.15, 0.2) is 12.1 Å². The van der Waals surface area contributed by atoms with Crippen LogP contribution in [0.1, 0.15) is 37.0 Å². The van der Waals surface area contributed by atoms with Crippen molar-refractivity contribution in [3.63, 3.8) is 0 Å². The predicted octanol–water partition coefficient (Wildman–Crippen LogP) is 2.24. The molecule has 1 aromatic rings. The van der Waals surface area contributed by atoms with E-state index in [2.05, 4.69) is 17.2 Å². The van der Waals surface area contributed by atoms with Gasteiger partial charge >= 0.3 is 0 Å². The summed E-state index contributed by atoms with van der Waals surface area (Å²) in [5, 5.41) is 3.10. The molecule has 0 aliphatic rings. The van der Waals surface area contributed by atoms with Crippen LogP contribution in [-0.4, -0.2) is 16.9 Å². The molecule has 16 heavy (non-hydrogen) atoms. The third-order valence-corrected chi connectivity index (χ3v) is 2.37. The summed E-state index contributed by atoms with van der Waals surface area (Å²) in [6.07, 6.45) is 1.97. The largest absolute Gasteiger partial charge is 0.384 e. The van der Waals surface area contributed by atoms with Crippen molar-refractivity contribution < 1.29 is 4.79 Å². The zero-order chi connectivity index (χ0) is 12.1. The lowest BCUT2D eigenvalue weighted by molar-refractivity contribution is 0.0938. The molecular formula is C11H16ClN3O. The third kappa shape index (κ3) is 3.70. The molecule has 0 spiro atoms. The number of aromatic nitrogens is 1. The second-order valence-corrected chi connectivity index (χ2v) is 4.15. The van der Waals surface area contributed by atoms with Crippen LogP contribution in [0.2, 0.25) is 5.15 Å². The van der Waals surface area contributed by atoms with Crippen LogP contribution in [0.3, 0.4) is 0 Å². The highest BCUT2D eigenvalue weighted by Gasteiger charge is 2.10. The number of halogens is 1. The second-order valence-electron chi connectivity index (χ2n) is 3.77. The number of nitrogens with one attached hydrogen (secondary N) is 1. The van der Waals surface area contributed by atoms with Gasteiger partial charge in [-0.1, -0.05) is 24.9 Å². The fourth-order valence-electron chi connectivity index (χ4n) is 1.46. The summed E-state index contributed by atoms with van der Waals surface area (Å²) in [5.74, 6) is 0.0812. The number of hydrogen-bond acceptors (Lipinski definition) is 3. The Kier molecular flexibility index (Phi) is 4.55. The number of amides is 1. The maximum atomic E-state index is 11.8. The maximum Gasteiger partial charge on any atom is 0.251 e. The van der Waals surface area contributed by atoms with Crippen molar-refractivity contribution >= 4 is 23.3 Å². The molecule has 0 aromatic carbocycles. The molecule has 4 nitrogen and oxygen atoms in total. The Labute approximate surface area is 100 Å². The number of pyridine rings is 1. The van der Waals surface area contributed by atoms with Gasteiger partial charge in [0, 0.05) is 11.6 Å². The first kappa shape index (κ1) is 12.8. The highest BCUT2D eigenvalue weighted by molar-refractivity contribution is 6.29. The number of carbonyl (C=O) groups excluding carboxylic acids is 1. The summed E-state index contributed by atoms with van der Waals surface area (Å²) >= 11 is 5.72. The highest BCUT2D eigenvalue weighted by Crippen LogP contribution is 2.12. The number of anilines is 1. The van der Waals surface area contributed by atoms with Crippen LogP contribution in [0.5, 0.6) is 0 Å². The van der Waals surface area contributed by atoms with Gasteiger partial charge in [-0.05, 0) is 25.5 Å². The molecule has 1 heterocycles. The second kappa shape index (κ2) is 5.70. The monoisotopic (exact) mass is 241 g/mol. The maximum absolute atomic E-state index is 11.8. The van der Waals surface area contributed by atoms with Gasteiger partial charge in [-0.3, -0.25) is 4.79 Å². The molecule has 1 aromatic heterocycles. The van der Waals surface area contributed by atoms with E-state index < -0.39 is 0 Å². The Bertz CT molecular complexity index is 361. The van der Waals surface area contributed by atoms with Gasteiger partial charge in [0.15, 0.2) is 0 Å². The van der Waals surface area contributed by atoms with E-state index in [1.165, 1.54) is 12.1 Å². The molecule has 1 unspecified atom stereocenters. The van der Waals surface area contributed by atoms with Gasteiger partial charge in [-0.25, -0.2) is 4.98 Å². The summed E-state index contributed by atoms with van der Waals surface area (Å²) < 4.78 is 0. The minimum atomic E-state index is -0.169. The summed E-state index contributed by atoms with van der Waals surface area (Å²) in [6.45, 7) is 4.04. The molecule has 0 radical (unpaired) electrons. The molecule has 1 amide bonds. The Morgan fingerprint density at radius 2 is 2.31 bits per heavy atom. The van der Waals surface area contributed by atoms with Crippen LogP contribution in [0.4, 0.5) is 5.82 Å². The number of nitrogens with zero attached hydrogens (tertiary/aromatic N) is 1. The minimum absolute atomic E-state index is 0.144. The van der Waals surface area contributed by atoms with Gasteiger partial charge in [0.05, 0.1) is 0 Å². The average Bonchev–Trinajstić information content (AvgIpc) is 2.16. The Morgan fingerprint density at radius 1 is 1.62 bits per heavy atom. The quantitative estimate of drug-likeness (QED) is 0.795. The third-order valence-electron chi connectivity index (χ3n) is 2.18. The molecule has 0 aliphatic heterocycles. The van der Waals surface area contributed by atoms with E-state index in [1.807, 2.05) is 6.92 Å². The zero-order valence-electron chi connectivity index (χ0n) is 9.46. The van der Waals surface area contributed by atoms with E-state index in [9.17, 15) is 4.79 Å². The van der Waals surface area contributed by atoms with Gasteiger partial charge in [-0.15, -0.1) is 0 Å². The Hall–Kier alpha value is -1.29. The standard InChI is InChI=1S/C11H16ClN3O/c1-3-4-7(2)14-11(16)8-5-9(12)15-10(13)6-8/h5-7H,3-4H2,1-2H3,(H2,13,15)(H,14,16). The van der Waals surface area contributed by atoms with Crippen LogP contribution in [0, 0.1) is 0 Å². The normalized spacial score (nSPS) is 12.2. The first-order chi connectivity index (χ1) is 7.52. The fraction of sp³-hybridized carbons (Fsp3) is 0.455. The van der Waals surface area contributed by atoms with E-state index >= 15 is 0 Å². The number of rotatable bonds is 4. The van der Waals surface area contributed by atoms with Crippen molar-refractivity contribution in [3.8, 4) is 0 Å². The molecule has 0 bridgehead atoms. The SMILES string of the molecule is CCCC(C)NC(=O)c1cc(N)nc(Cl)c1. The van der Waals surface area contributed by atoms with Gasteiger partial charge in [0.25, 0.3) is 5.91 Å². The fourth-order valence-corrected chi connectivity index (χ4v) is 1.68. The van der Waals surface area contributed by atoms with Gasteiger partial charge in [0.1, 0.15) is 11.0 Å². The van der Waals surface area contributed by atoms with Crippen molar-refractivity contribution in [1.82, 2.24) is 10.3 Å². The first-order valence-corrected chi connectivity index (χ1v) is 5.64. The van der Waals surface area contributed by atoms with E-state index in [1.54, 1.807) is 0 Å². The topological polar surface area (TPSA) is 68.0 Å². The van der Waals surface area contributed by atoms with Crippen LogP contribution >= 0.6 is 11.6 Å². The van der Waals surface area contributed by atoms with Crippen LogP contribution in [-0.2, 0) is 0 Å². The highest BCUT2D eigenvalue weighted by atomic mass is 35.5. The smallest absolute Gasteiger partial charge is 0.251 e. The van der Waals surface area contributed by atoms with E-state index in [0.717, 1.165) is 12.8 Å². The van der Waals surface area contributed by atoms with Crippen LogP contribution in [0.25, 0.3) is 0 Å². The Balaban J connectivity index is 2.72. The first-order valence-electron chi connectivity index (χ1n) is 5.27. The lowest BCUT2D eigenvalue weighted by Crippen LogP contribution is -2.32. The molecule has 3 N–H and O–H groups in total. The van der Waals surface area contributed by atoms with Crippen LogP contribution < -0.4 is 11.1 Å². The molecule has 1 atom stereocenters. The average molecular weight is 242 g/mol. The zero-order valence-corrected chi connectivity index (χ0v) is 10.2. The van der Waals surface area contributed by atoms with Crippen molar-refractivity contribution in [2.24, 2.45) is 0 Å². The van der Waals surface area contributed by atoms with Crippen molar-refractivity contribution in [3.05, 3.63) is 22.8 Å². The Morgan fingerprint density at radius 3 is 2.88 bits per heavy atom. The molecular weight excluding hydrogens is 226 g/mol. The summed E-state index contributed by atoms with van der Waals surface area (Å²) in [7, 11) is 0. The van der Waals surface area contributed by atoms with Gasteiger partial charge in [-0.2, -0.15) is 0 Å². The lowest BCUT2D eigenvalue weighted by atomic mass is 10.1. The van der Waals surface area contributed by atoms with E-state index in [0.29, 0.717) is 5.56 Å². The molecule has 1 rings (SSSR count). The van der Waals surface area contributed by atoms with Gasteiger partial charge in [0.2, 0.25) is 0 Å². The van der Waals surface area contributed by atoms with Crippen molar-refractivity contribution in [2.75, 3.05) is 5.73 Å². The lowest BCUT2D eigenvalue weighted by Gasteiger charge is -2.12. The number of nitrogen functional groups attached to an aromatic ring is 1. The van der Waals surface area contributed by atoms with Crippen molar-refractivity contribution in [1.29, 1.82) is 0 Å². The predicted molar refractivity (Wildman–Crippen MR) is 65.5 cm³/mol. The molecule has 88 valence electrons. The van der Waals surface area contributed by atoms with Gasteiger partial charge < -0.3 is 11.1 Å². The summed E-state index contributed by atoms with van der Waals surface area (Å²) in [6, 6.07) is 3.16. The summed E-state index contributed by atoms with van der Waals surface area (Å²) in [5.41, 5.74) is 5.96. The molecule has 0 saturated carbocycles. The molecule has 5 heteroatoms.